The molecule has 1 aliphatic rings. The van der Waals surface area contributed by atoms with Crippen LogP contribution in [0.1, 0.15) is 29.8 Å². The van der Waals surface area contributed by atoms with E-state index in [4.69, 9.17) is 9.47 Å². The molecular weight excluding hydrogens is 480 g/mol. The molecule has 0 unspecified atom stereocenters. The number of benzene rings is 3. The number of amides is 2. The third-order valence-electron chi connectivity index (χ3n) is 6.34. The Balaban J connectivity index is 1.43. The number of carbonyl (C=O) groups excluding carboxylic acids is 2. The number of methoxy groups -OCH3 is 1. The third-order valence-corrected chi connectivity index (χ3v) is 6.34. The van der Waals surface area contributed by atoms with Gasteiger partial charge in [0.25, 0.3) is 5.91 Å². The van der Waals surface area contributed by atoms with E-state index in [0.29, 0.717) is 17.9 Å². The van der Waals surface area contributed by atoms with Gasteiger partial charge >= 0.3 is 0 Å². The van der Waals surface area contributed by atoms with Crippen LogP contribution in [0.4, 0.5) is 17.1 Å². The van der Waals surface area contributed by atoms with Crippen LogP contribution in [0.3, 0.4) is 0 Å². The molecule has 4 rings (SSSR count). The molecule has 1 aliphatic heterocycles. The molecule has 0 atom stereocenters. The number of nitrogens with zero attached hydrogens (tertiary/aromatic N) is 2. The van der Waals surface area contributed by atoms with Crippen LogP contribution in [-0.2, 0) is 16.1 Å². The van der Waals surface area contributed by atoms with Gasteiger partial charge < -0.3 is 29.9 Å². The molecule has 1 saturated heterocycles. The molecule has 8 heteroatoms. The summed E-state index contributed by atoms with van der Waals surface area (Å²) in [6, 6.07) is 23.2. The van der Waals surface area contributed by atoms with Gasteiger partial charge in [-0.1, -0.05) is 42.5 Å². The Morgan fingerprint density at radius 1 is 0.868 bits per heavy atom. The van der Waals surface area contributed by atoms with Crippen LogP contribution in [0.15, 0.2) is 72.8 Å². The van der Waals surface area contributed by atoms with Crippen molar-refractivity contribution >= 4 is 28.9 Å². The number of ether oxygens (including phenoxy) is 2. The first-order chi connectivity index (χ1) is 18.4. The van der Waals surface area contributed by atoms with E-state index in [0.717, 1.165) is 48.9 Å². The van der Waals surface area contributed by atoms with Gasteiger partial charge in [0.2, 0.25) is 5.91 Å². The van der Waals surface area contributed by atoms with Gasteiger partial charge in [0.05, 0.1) is 25.0 Å². The standard InChI is InChI=1S/C30H36N4O4/c1-22(2)31-30(36)25-19-24(32-29(35)21-38-20-23-9-5-4-6-10-23)13-14-26(25)33-15-17-34(18-16-33)27-11-7-8-12-28(27)37-3/h4-14,19,22H,15-18,20-21H2,1-3H3,(H,31,36)(H,32,35). The quantitative estimate of drug-likeness (QED) is 0.418. The lowest BCUT2D eigenvalue weighted by molar-refractivity contribution is -0.121. The van der Waals surface area contributed by atoms with Crippen molar-refractivity contribution in [3.05, 3.63) is 83.9 Å². The lowest BCUT2D eigenvalue weighted by Gasteiger charge is -2.38. The summed E-state index contributed by atoms with van der Waals surface area (Å²) >= 11 is 0. The predicted octanol–water partition coefficient (Wildman–Crippen LogP) is 4.32. The van der Waals surface area contributed by atoms with Gasteiger partial charge in [-0.15, -0.1) is 0 Å². The van der Waals surface area contributed by atoms with Gasteiger partial charge in [0.15, 0.2) is 0 Å². The largest absolute Gasteiger partial charge is 0.495 e. The molecule has 38 heavy (non-hydrogen) atoms. The van der Waals surface area contributed by atoms with Crippen LogP contribution >= 0.6 is 0 Å². The average molecular weight is 517 g/mol. The number of para-hydroxylation sites is 2. The predicted molar refractivity (Wildman–Crippen MR) is 151 cm³/mol. The molecular formula is C30H36N4O4. The van der Waals surface area contributed by atoms with Crippen molar-refractivity contribution in [2.24, 2.45) is 0 Å². The van der Waals surface area contributed by atoms with E-state index in [1.54, 1.807) is 13.2 Å². The smallest absolute Gasteiger partial charge is 0.253 e. The number of hydrogen-bond acceptors (Lipinski definition) is 6. The van der Waals surface area contributed by atoms with E-state index in [-0.39, 0.29) is 24.5 Å². The monoisotopic (exact) mass is 516 g/mol. The minimum atomic E-state index is -0.269. The zero-order valence-electron chi connectivity index (χ0n) is 22.3. The molecule has 0 aromatic heterocycles. The van der Waals surface area contributed by atoms with Gasteiger partial charge in [0.1, 0.15) is 12.4 Å². The van der Waals surface area contributed by atoms with Crippen LogP contribution in [0.5, 0.6) is 5.75 Å². The average Bonchev–Trinajstić information content (AvgIpc) is 2.93. The Labute approximate surface area is 224 Å². The Kier molecular flexibility index (Phi) is 9.21. The summed E-state index contributed by atoms with van der Waals surface area (Å²) < 4.78 is 11.1. The Hall–Kier alpha value is -4.04. The van der Waals surface area contributed by atoms with Crippen LogP contribution in [0, 0.1) is 0 Å². The van der Waals surface area contributed by atoms with Gasteiger partial charge in [-0.2, -0.15) is 0 Å². The summed E-state index contributed by atoms with van der Waals surface area (Å²) in [7, 11) is 1.68. The minimum absolute atomic E-state index is 0.0117. The van der Waals surface area contributed by atoms with E-state index in [1.807, 2.05) is 74.5 Å². The molecule has 0 saturated carbocycles. The molecule has 0 bridgehead atoms. The SMILES string of the molecule is COc1ccccc1N1CCN(c2ccc(NC(=O)COCc3ccccc3)cc2C(=O)NC(C)C)CC1. The summed E-state index contributed by atoms with van der Waals surface area (Å²) in [6.45, 7) is 7.23. The normalized spacial score (nSPS) is 13.4. The third kappa shape index (κ3) is 7.04. The Morgan fingerprint density at radius 2 is 1.53 bits per heavy atom. The van der Waals surface area contributed by atoms with Crippen molar-refractivity contribution in [3.63, 3.8) is 0 Å². The number of hydrogen-bond donors (Lipinski definition) is 2. The molecule has 1 heterocycles. The second kappa shape index (κ2) is 13.0. The summed E-state index contributed by atoms with van der Waals surface area (Å²) in [4.78, 5) is 30.2. The number of carbonyl (C=O) groups is 2. The number of rotatable bonds is 10. The first-order valence-corrected chi connectivity index (χ1v) is 12.9. The molecule has 0 aliphatic carbocycles. The highest BCUT2D eigenvalue weighted by atomic mass is 16.5. The summed E-state index contributed by atoms with van der Waals surface area (Å²) in [5.41, 5.74) is 4.01. The highest BCUT2D eigenvalue weighted by Gasteiger charge is 2.24. The van der Waals surface area contributed by atoms with Crippen molar-refractivity contribution in [1.82, 2.24) is 5.32 Å². The molecule has 0 radical (unpaired) electrons. The molecule has 8 nitrogen and oxygen atoms in total. The van der Waals surface area contributed by atoms with Gasteiger partial charge in [0, 0.05) is 43.6 Å². The number of nitrogens with one attached hydrogen (secondary N) is 2. The van der Waals surface area contributed by atoms with E-state index < -0.39 is 0 Å². The fraction of sp³-hybridized carbons (Fsp3) is 0.333. The zero-order valence-corrected chi connectivity index (χ0v) is 22.3. The van der Waals surface area contributed by atoms with Crippen molar-refractivity contribution < 1.29 is 19.1 Å². The van der Waals surface area contributed by atoms with E-state index in [1.165, 1.54) is 0 Å². The highest BCUT2D eigenvalue weighted by Crippen LogP contribution is 2.31. The molecule has 3 aromatic rings. The lowest BCUT2D eigenvalue weighted by Crippen LogP contribution is -2.47. The fourth-order valence-electron chi connectivity index (χ4n) is 4.52. The van der Waals surface area contributed by atoms with E-state index in [9.17, 15) is 9.59 Å². The minimum Gasteiger partial charge on any atom is -0.495 e. The molecule has 3 aromatic carbocycles. The zero-order chi connectivity index (χ0) is 26.9. The maximum atomic E-state index is 13.2. The van der Waals surface area contributed by atoms with Crippen LogP contribution in [0.2, 0.25) is 0 Å². The van der Waals surface area contributed by atoms with Crippen LogP contribution in [0.25, 0.3) is 0 Å². The maximum Gasteiger partial charge on any atom is 0.253 e. The first kappa shape index (κ1) is 27.0. The molecule has 2 amide bonds. The van der Waals surface area contributed by atoms with Gasteiger partial charge in [-0.3, -0.25) is 9.59 Å². The number of anilines is 3. The van der Waals surface area contributed by atoms with Crippen molar-refractivity contribution in [3.8, 4) is 5.75 Å². The summed E-state index contributed by atoms with van der Waals surface area (Å²) in [5, 5.41) is 5.85. The Morgan fingerprint density at radius 3 is 2.21 bits per heavy atom. The van der Waals surface area contributed by atoms with Gasteiger partial charge in [-0.05, 0) is 49.7 Å². The second-order valence-corrected chi connectivity index (χ2v) is 9.53. The fourth-order valence-corrected chi connectivity index (χ4v) is 4.52. The lowest BCUT2D eigenvalue weighted by atomic mass is 10.1. The molecule has 200 valence electrons. The highest BCUT2D eigenvalue weighted by molar-refractivity contribution is 6.02. The molecule has 0 spiro atoms. The van der Waals surface area contributed by atoms with E-state index >= 15 is 0 Å². The van der Waals surface area contributed by atoms with Crippen LogP contribution in [-0.4, -0.2) is 57.8 Å². The van der Waals surface area contributed by atoms with Crippen molar-refractivity contribution in [1.29, 1.82) is 0 Å². The van der Waals surface area contributed by atoms with E-state index in [2.05, 4.69) is 26.5 Å². The molecule has 1 fully saturated rings. The van der Waals surface area contributed by atoms with Crippen molar-refractivity contribution in [2.45, 2.75) is 26.5 Å². The summed E-state index contributed by atoms with van der Waals surface area (Å²) in [6.07, 6.45) is 0. The maximum absolute atomic E-state index is 13.2. The first-order valence-electron chi connectivity index (χ1n) is 12.9. The van der Waals surface area contributed by atoms with Crippen LogP contribution < -0.4 is 25.2 Å². The number of piperazine rings is 1. The van der Waals surface area contributed by atoms with Crippen molar-refractivity contribution in [2.75, 3.05) is 55.0 Å². The summed E-state index contributed by atoms with van der Waals surface area (Å²) in [5.74, 6) is 0.415. The molecule has 2 N–H and O–H groups in total. The second-order valence-electron chi connectivity index (χ2n) is 9.53. The topological polar surface area (TPSA) is 83.1 Å². The Bertz CT molecular complexity index is 1220. The van der Waals surface area contributed by atoms with Gasteiger partial charge in [-0.25, -0.2) is 0 Å².